The van der Waals surface area contributed by atoms with Crippen LogP contribution in [0.25, 0.3) is 0 Å². The molecule has 3 N–H and O–H groups in total. The summed E-state index contributed by atoms with van der Waals surface area (Å²) in [5.41, 5.74) is -2.34. The number of alkyl carbamates (subject to hydrolysis) is 1. The van der Waals surface area contributed by atoms with E-state index >= 15 is 0 Å². The molecule has 0 bridgehead atoms. The van der Waals surface area contributed by atoms with Crippen LogP contribution in [0.4, 0.5) is 4.79 Å². The number of nitrogens with zero attached hydrogens (tertiary/aromatic N) is 1. The summed E-state index contributed by atoms with van der Waals surface area (Å²) >= 11 is 12.8. The zero-order valence-corrected chi connectivity index (χ0v) is 26.6. The fourth-order valence-corrected chi connectivity index (χ4v) is 8.18. The van der Waals surface area contributed by atoms with Crippen LogP contribution in [0.2, 0.25) is 8.67 Å². The van der Waals surface area contributed by atoms with E-state index in [1.54, 1.807) is 32.9 Å². The van der Waals surface area contributed by atoms with Crippen molar-refractivity contribution < 1.29 is 37.1 Å². The van der Waals surface area contributed by atoms with E-state index in [9.17, 15) is 27.6 Å². The van der Waals surface area contributed by atoms with E-state index in [-0.39, 0.29) is 39.6 Å². The minimum absolute atomic E-state index is 0.106. The first kappa shape index (κ1) is 32.5. The highest BCUT2D eigenvalue weighted by atomic mass is 35.5. The van der Waals surface area contributed by atoms with Gasteiger partial charge in [0.05, 0.1) is 10.9 Å². The Morgan fingerprint density at radius 3 is 2.62 bits per heavy atom. The maximum Gasteiger partial charge on any atom is 0.408 e. The Balaban J connectivity index is 1.57. The number of sulfonamides is 1. The molecule has 0 aromatic carbocycles. The highest BCUT2D eigenvalue weighted by molar-refractivity contribution is 7.90. The topological polar surface area (TPSA) is 160 Å². The average molecular weight is 666 g/mol. The summed E-state index contributed by atoms with van der Waals surface area (Å²) in [6.45, 7) is 5.85. The standard InChI is InChI=1S/C26H34Cl2N4O8S2/c1-25(2,3)40-24(36)29-16-9-12-39-11-5-4-7-15-14-26(15,30-21(33)17-8-6-10-32(17)22(16)34)23(35)31-42(37,38)18-13-19(27)41-20(18)28/h4,7,13,15-17H,5-6,8-12,14H2,1-3H3,(H,29,36)(H,30,33)(H,31,35)/b7-4-/t15-,16+,17+,26-/m1/s1. The van der Waals surface area contributed by atoms with Gasteiger partial charge in [-0.15, -0.1) is 11.3 Å². The van der Waals surface area contributed by atoms with Gasteiger partial charge >= 0.3 is 6.09 Å². The van der Waals surface area contributed by atoms with Gasteiger partial charge in [0.25, 0.3) is 15.9 Å². The maximum absolute atomic E-state index is 13.6. The first-order valence-electron chi connectivity index (χ1n) is 13.5. The van der Waals surface area contributed by atoms with Gasteiger partial charge in [0, 0.05) is 25.5 Å². The first-order valence-corrected chi connectivity index (χ1v) is 16.6. The molecule has 4 atom stereocenters. The molecule has 4 amide bonds. The fraction of sp³-hybridized carbons (Fsp3) is 0.615. The molecule has 42 heavy (non-hydrogen) atoms. The number of thiophene rings is 1. The monoisotopic (exact) mass is 664 g/mol. The number of ether oxygens (including phenoxy) is 2. The van der Waals surface area contributed by atoms with Crippen molar-refractivity contribution in [1.29, 1.82) is 0 Å². The Morgan fingerprint density at radius 1 is 1.21 bits per heavy atom. The minimum Gasteiger partial charge on any atom is -0.444 e. The van der Waals surface area contributed by atoms with Crippen LogP contribution in [0.15, 0.2) is 23.1 Å². The Kier molecular flexibility index (Phi) is 9.82. The third kappa shape index (κ3) is 7.57. The third-order valence-corrected chi connectivity index (χ3v) is 10.2. The molecule has 0 spiro atoms. The van der Waals surface area contributed by atoms with Crippen molar-refractivity contribution >= 4 is 68.4 Å². The van der Waals surface area contributed by atoms with Crippen molar-refractivity contribution in [3.8, 4) is 0 Å². The second kappa shape index (κ2) is 12.7. The Labute approximate surface area is 258 Å². The molecule has 3 aliphatic rings. The smallest absolute Gasteiger partial charge is 0.408 e. The normalized spacial score (nSPS) is 27.9. The SMILES string of the molecule is CC(C)(C)OC(=O)N[C@H]1CCOCC/C=C\[C@@H]2C[C@@]2(C(=O)NS(=O)(=O)c2cc(Cl)sc2Cl)NC(=O)[C@@H]2CCCN2C1=O. The molecule has 1 aromatic heterocycles. The predicted molar refractivity (Wildman–Crippen MR) is 156 cm³/mol. The van der Waals surface area contributed by atoms with Gasteiger partial charge in [-0.3, -0.25) is 14.4 Å². The molecule has 1 saturated heterocycles. The molecule has 12 nitrogen and oxygen atoms in total. The summed E-state index contributed by atoms with van der Waals surface area (Å²) in [5.74, 6) is -2.49. The molecule has 0 unspecified atom stereocenters. The van der Waals surface area contributed by atoms with Crippen molar-refractivity contribution in [2.45, 2.75) is 81.0 Å². The quantitative estimate of drug-likeness (QED) is 0.414. The lowest BCUT2D eigenvalue weighted by Gasteiger charge is -2.30. The molecular weight excluding hydrogens is 631 g/mol. The van der Waals surface area contributed by atoms with Gasteiger partial charge in [0.2, 0.25) is 11.8 Å². The van der Waals surface area contributed by atoms with Gasteiger partial charge in [0.15, 0.2) is 0 Å². The largest absolute Gasteiger partial charge is 0.444 e. The van der Waals surface area contributed by atoms with Crippen LogP contribution < -0.4 is 15.4 Å². The predicted octanol–water partition coefficient (Wildman–Crippen LogP) is 2.99. The average Bonchev–Trinajstić information content (AvgIpc) is 3.18. The summed E-state index contributed by atoms with van der Waals surface area (Å²) in [7, 11) is -4.39. The lowest BCUT2D eigenvalue weighted by molar-refractivity contribution is -0.141. The second-order valence-corrected chi connectivity index (χ2v) is 15.3. The summed E-state index contributed by atoms with van der Waals surface area (Å²) in [5, 5.41) is 5.36. The van der Waals surface area contributed by atoms with Crippen LogP contribution in [-0.2, 0) is 33.9 Å². The third-order valence-electron chi connectivity index (χ3n) is 7.08. The van der Waals surface area contributed by atoms with E-state index in [2.05, 4.69) is 10.6 Å². The van der Waals surface area contributed by atoms with E-state index in [0.717, 1.165) is 17.4 Å². The van der Waals surface area contributed by atoms with Crippen molar-refractivity contribution in [3.63, 3.8) is 0 Å². The van der Waals surface area contributed by atoms with Gasteiger partial charge in [-0.25, -0.2) is 17.9 Å². The van der Waals surface area contributed by atoms with Crippen LogP contribution in [0.3, 0.4) is 0 Å². The number of carbonyl (C=O) groups is 4. The molecule has 1 aliphatic carbocycles. The molecule has 1 aromatic rings. The van der Waals surface area contributed by atoms with Crippen molar-refractivity contribution in [1.82, 2.24) is 20.3 Å². The number of hydrogen-bond donors (Lipinski definition) is 3. The second-order valence-electron chi connectivity index (χ2n) is 11.4. The van der Waals surface area contributed by atoms with Gasteiger partial charge in [-0.05, 0) is 52.5 Å². The minimum atomic E-state index is -4.39. The number of halogens is 2. The van der Waals surface area contributed by atoms with Crippen LogP contribution in [0, 0.1) is 5.92 Å². The Hall–Kier alpha value is -2.39. The number of amides is 4. The molecule has 3 heterocycles. The van der Waals surface area contributed by atoms with Crippen LogP contribution in [0.1, 0.15) is 52.9 Å². The van der Waals surface area contributed by atoms with E-state index < -0.39 is 63.0 Å². The molecule has 0 radical (unpaired) electrons. The number of fused-ring (bicyclic) bond motifs is 2. The molecular formula is C26H34Cl2N4O8S2. The first-order chi connectivity index (χ1) is 19.6. The highest BCUT2D eigenvalue weighted by Gasteiger charge is 2.61. The lowest BCUT2D eigenvalue weighted by atomic mass is 10.1. The number of hydrogen-bond acceptors (Lipinski definition) is 9. The summed E-state index contributed by atoms with van der Waals surface area (Å²) < 4.78 is 39.0. The lowest BCUT2D eigenvalue weighted by Crippen LogP contribution is -2.58. The van der Waals surface area contributed by atoms with E-state index in [0.29, 0.717) is 25.9 Å². The summed E-state index contributed by atoms with van der Waals surface area (Å²) in [6.07, 6.45) is 4.39. The molecule has 2 aliphatic heterocycles. The van der Waals surface area contributed by atoms with E-state index in [1.165, 1.54) is 4.90 Å². The van der Waals surface area contributed by atoms with Gasteiger partial charge in [0.1, 0.15) is 32.5 Å². The number of carbonyl (C=O) groups excluding carboxylic acids is 4. The van der Waals surface area contributed by atoms with Crippen LogP contribution in [0.5, 0.6) is 0 Å². The number of rotatable bonds is 4. The molecule has 2 fully saturated rings. The van der Waals surface area contributed by atoms with Gasteiger partial charge < -0.3 is 25.0 Å². The molecule has 4 rings (SSSR count). The van der Waals surface area contributed by atoms with Crippen LogP contribution >= 0.6 is 34.5 Å². The van der Waals surface area contributed by atoms with Crippen molar-refractivity contribution in [2.75, 3.05) is 19.8 Å². The number of nitrogens with one attached hydrogen (secondary N) is 3. The Morgan fingerprint density at radius 2 is 1.95 bits per heavy atom. The van der Waals surface area contributed by atoms with Gasteiger partial charge in [-0.1, -0.05) is 35.4 Å². The molecule has 1 saturated carbocycles. The highest BCUT2D eigenvalue weighted by Crippen LogP contribution is 2.46. The van der Waals surface area contributed by atoms with Crippen molar-refractivity contribution in [3.05, 3.63) is 26.9 Å². The summed E-state index contributed by atoms with van der Waals surface area (Å²) in [4.78, 5) is 54.2. The van der Waals surface area contributed by atoms with E-state index in [1.807, 2.05) is 4.72 Å². The van der Waals surface area contributed by atoms with Crippen LogP contribution in [-0.4, -0.2) is 80.1 Å². The fourth-order valence-electron chi connectivity index (χ4n) is 4.99. The summed E-state index contributed by atoms with van der Waals surface area (Å²) in [6, 6.07) is -0.791. The van der Waals surface area contributed by atoms with E-state index in [4.69, 9.17) is 32.7 Å². The Bertz CT molecular complexity index is 1380. The van der Waals surface area contributed by atoms with Gasteiger partial charge in [-0.2, -0.15) is 0 Å². The molecule has 16 heteroatoms. The molecule has 232 valence electrons. The zero-order valence-electron chi connectivity index (χ0n) is 23.4. The zero-order chi connectivity index (χ0) is 30.9. The maximum atomic E-state index is 13.6. The van der Waals surface area contributed by atoms with Crippen molar-refractivity contribution in [2.24, 2.45) is 5.92 Å².